The van der Waals surface area contributed by atoms with Crippen molar-refractivity contribution < 1.29 is 13.2 Å². The van der Waals surface area contributed by atoms with Crippen molar-refractivity contribution in [3.8, 4) is 10.6 Å². The standard InChI is InChI=1S/C14H15F3N2S2/c1-8(18-3)12-9(2)19-13(20-12)10-4-6-11(7-5-10)21-14(15,16)17/h4-8,18H,1-3H3. The molecule has 1 atom stereocenters. The van der Waals surface area contributed by atoms with Gasteiger partial charge < -0.3 is 5.32 Å². The Bertz CT molecular complexity index is 606. The molecule has 1 unspecified atom stereocenters. The molecule has 1 aromatic carbocycles. The van der Waals surface area contributed by atoms with E-state index >= 15 is 0 Å². The first-order valence-corrected chi connectivity index (χ1v) is 7.94. The summed E-state index contributed by atoms with van der Waals surface area (Å²) in [6, 6.07) is 6.52. The van der Waals surface area contributed by atoms with Crippen LogP contribution in [0.2, 0.25) is 0 Å². The highest BCUT2D eigenvalue weighted by Gasteiger charge is 2.29. The molecule has 0 saturated carbocycles. The lowest BCUT2D eigenvalue weighted by atomic mass is 10.2. The molecule has 1 N–H and O–H groups in total. The number of hydrogen-bond acceptors (Lipinski definition) is 4. The molecule has 1 aromatic heterocycles. The van der Waals surface area contributed by atoms with Crippen LogP contribution in [0.1, 0.15) is 23.5 Å². The van der Waals surface area contributed by atoms with Gasteiger partial charge in [-0.2, -0.15) is 13.2 Å². The summed E-state index contributed by atoms with van der Waals surface area (Å²) in [5.74, 6) is 0. The average Bonchev–Trinajstić information content (AvgIpc) is 2.79. The SMILES string of the molecule is CNC(C)c1sc(-c2ccc(SC(F)(F)F)cc2)nc1C. The Morgan fingerprint density at radius 2 is 1.86 bits per heavy atom. The summed E-state index contributed by atoms with van der Waals surface area (Å²) in [5.41, 5.74) is -2.47. The van der Waals surface area contributed by atoms with Gasteiger partial charge in [0.2, 0.25) is 0 Å². The Labute approximate surface area is 129 Å². The van der Waals surface area contributed by atoms with E-state index in [1.54, 1.807) is 23.5 Å². The number of alkyl halides is 3. The van der Waals surface area contributed by atoms with Crippen molar-refractivity contribution >= 4 is 23.1 Å². The van der Waals surface area contributed by atoms with Gasteiger partial charge in [0, 0.05) is 21.4 Å². The molecule has 21 heavy (non-hydrogen) atoms. The van der Waals surface area contributed by atoms with E-state index < -0.39 is 5.51 Å². The molecule has 2 aromatic rings. The number of rotatable bonds is 4. The molecule has 0 aliphatic heterocycles. The molecule has 0 aliphatic rings. The number of aromatic nitrogens is 1. The lowest BCUT2D eigenvalue weighted by molar-refractivity contribution is -0.0328. The smallest absolute Gasteiger partial charge is 0.312 e. The summed E-state index contributed by atoms with van der Waals surface area (Å²) >= 11 is 1.46. The van der Waals surface area contributed by atoms with E-state index in [2.05, 4.69) is 10.3 Å². The van der Waals surface area contributed by atoms with Crippen LogP contribution in [0.5, 0.6) is 0 Å². The van der Waals surface area contributed by atoms with Crippen LogP contribution in [0, 0.1) is 6.92 Å². The monoisotopic (exact) mass is 332 g/mol. The van der Waals surface area contributed by atoms with E-state index in [-0.39, 0.29) is 22.7 Å². The lowest BCUT2D eigenvalue weighted by Crippen LogP contribution is -2.11. The van der Waals surface area contributed by atoms with Crippen LogP contribution in [0.3, 0.4) is 0 Å². The largest absolute Gasteiger partial charge is 0.446 e. The molecule has 0 saturated heterocycles. The summed E-state index contributed by atoms with van der Waals surface area (Å²) < 4.78 is 36.9. The molecule has 2 nitrogen and oxygen atoms in total. The van der Waals surface area contributed by atoms with Crippen LogP contribution in [0.25, 0.3) is 10.6 Å². The number of thiazole rings is 1. The minimum Gasteiger partial charge on any atom is -0.312 e. The van der Waals surface area contributed by atoms with Gasteiger partial charge in [-0.15, -0.1) is 11.3 Å². The minimum atomic E-state index is -4.26. The number of aryl methyl sites for hydroxylation is 1. The Morgan fingerprint density at radius 1 is 1.24 bits per heavy atom. The third kappa shape index (κ3) is 4.21. The Balaban J connectivity index is 2.23. The normalized spacial score (nSPS) is 13.4. The van der Waals surface area contributed by atoms with Crippen molar-refractivity contribution in [3.05, 3.63) is 34.8 Å². The second-order valence-electron chi connectivity index (χ2n) is 4.55. The first kappa shape index (κ1) is 16.3. The van der Waals surface area contributed by atoms with E-state index in [9.17, 15) is 13.2 Å². The Hall–Kier alpha value is -1.05. The summed E-state index contributed by atoms with van der Waals surface area (Å²) in [5, 5.41) is 3.99. The molecule has 0 spiro atoms. The molecular weight excluding hydrogens is 317 g/mol. The highest BCUT2D eigenvalue weighted by atomic mass is 32.2. The van der Waals surface area contributed by atoms with Gasteiger partial charge in [-0.1, -0.05) is 12.1 Å². The molecule has 114 valence electrons. The van der Waals surface area contributed by atoms with Gasteiger partial charge in [0.1, 0.15) is 5.01 Å². The van der Waals surface area contributed by atoms with E-state index in [0.717, 1.165) is 21.1 Å². The number of hydrogen-bond donors (Lipinski definition) is 1. The molecule has 2 rings (SSSR count). The first-order valence-electron chi connectivity index (χ1n) is 6.31. The predicted molar refractivity (Wildman–Crippen MR) is 81.7 cm³/mol. The van der Waals surface area contributed by atoms with Crippen LogP contribution in [-0.2, 0) is 0 Å². The predicted octanol–water partition coefficient (Wildman–Crippen LogP) is 5.01. The van der Waals surface area contributed by atoms with Crippen molar-refractivity contribution in [2.75, 3.05) is 7.05 Å². The van der Waals surface area contributed by atoms with Gasteiger partial charge in [-0.3, -0.25) is 0 Å². The summed E-state index contributed by atoms with van der Waals surface area (Å²) in [7, 11) is 1.88. The van der Waals surface area contributed by atoms with E-state index in [4.69, 9.17) is 0 Å². The summed E-state index contributed by atoms with van der Waals surface area (Å²) in [6.07, 6.45) is 0. The lowest BCUT2D eigenvalue weighted by Gasteiger charge is -2.07. The van der Waals surface area contributed by atoms with Gasteiger partial charge in [0.05, 0.1) is 5.69 Å². The molecular formula is C14H15F3N2S2. The maximum atomic E-state index is 12.3. The van der Waals surface area contributed by atoms with Crippen LogP contribution in [0.15, 0.2) is 29.2 Å². The molecule has 0 radical (unpaired) electrons. The fourth-order valence-corrected chi connectivity index (χ4v) is 3.54. The quantitative estimate of drug-likeness (QED) is 0.797. The Morgan fingerprint density at radius 3 is 2.38 bits per heavy atom. The van der Waals surface area contributed by atoms with Crippen molar-refractivity contribution in [1.82, 2.24) is 10.3 Å². The van der Waals surface area contributed by atoms with Crippen LogP contribution in [-0.4, -0.2) is 17.5 Å². The van der Waals surface area contributed by atoms with E-state index in [0.29, 0.717) is 0 Å². The van der Waals surface area contributed by atoms with Gasteiger partial charge in [-0.25, -0.2) is 4.98 Å². The van der Waals surface area contributed by atoms with E-state index in [1.165, 1.54) is 12.1 Å². The third-order valence-electron chi connectivity index (χ3n) is 2.99. The fourth-order valence-electron chi connectivity index (χ4n) is 1.86. The third-order valence-corrected chi connectivity index (χ3v) is 5.12. The fraction of sp³-hybridized carbons (Fsp3) is 0.357. The van der Waals surface area contributed by atoms with Gasteiger partial charge >= 0.3 is 5.51 Å². The maximum absolute atomic E-state index is 12.3. The summed E-state index contributed by atoms with van der Waals surface area (Å²) in [4.78, 5) is 5.83. The molecule has 0 bridgehead atoms. The van der Waals surface area contributed by atoms with Gasteiger partial charge in [0.25, 0.3) is 0 Å². The number of halogens is 3. The maximum Gasteiger partial charge on any atom is 0.446 e. The number of nitrogens with one attached hydrogen (secondary N) is 1. The number of thioether (sulfide) groups is 1. The second kappa shape index (κ2) is 6.37. The first-order chi connectivity index (χ1) is 9.80. The van der Waals surface area contributed by atoms with Crippen LogP contribution < -0.4 is 5.32 Å². The van der Waals surface area contributed by atoms with Gasteiger partial charge in [0.15, 0.2) is 0 Å². The molecule has 1 heterocycles. The van der Waals surface area contributed by atoms with Crippen LogP contribution in [0.4, 0.5) is 13.2 Å². The average molecular weight is 332 g/mol. The van der Waals surface area contributed by atoms with Crippen molar-refractivity contribution in [3.63, 3.8) is 0 Å². The van der Waals surface area contributed by atoms with Gasteiger partial charge in [-0.05, 0) is 44.8 Å². The van der Waals surface area contributed by atoms with Crippen molar-refractivity contribution in [2.24, 2.45) is 0 Å². The highest BCUT2D eigenvalue weighted by molar-refractivity contribution is 8.00. The molecule has 0 amide bonds. The molecule has 0 fully saturated rings. The Kier molecular flexibility index (Phi) is 4.95. The zero-order valence-corrected chi connectivity index (χ0v) is 13.4. The van der Waals surface area contributed by atoms with E-state index in [1.807, 2.05) is 20.9 Å². The zero-order valence-electron chi connectivity index (χ0n) is 11.8. The second-order valence-corrected chi connectivity index (χ2v) is 6.72. The molecule has 0 aliphatic carbocycles. The number of nitrogens with zero attached hydrogens (tertiary/aromatic N) is 1. The number of benzene rings is 1. The highest BCUT2D eigenvalue weighted by Crippen LogP contribution is 2.38. The molecule has 7 heteroatoms. The zero-order chi connectivity index (χ0) is 15.6. The minimum absolute atomic E-state index is 0.105. The van der Waals surface area contributed by atoms with Crippen LogP contribution >= 0.6 is 23.1 Å². The topological polar surface area (TPSA) is 24.9 Å². The van der Waals surface area contributed by atoms with Crippen molar-refractivity contribution in [1.29, 1.82) is 0 Å². The summed E-state index contributed by atoms with van der Waals surface area (Å²) in [6.45, 7) is 3.99. The van der Waals surface area contributed by atoms with Crippen molar-refractivity contribution in [2.45, 2.75) is 30.3 Å².